The fourth-order valence-corrected chi connectivity index (χ4v) is 8.76. The van der Waals surface area contributed by atoms with E-state index in [1.807, 2.05) is 18.2 Å². The van der Waals surface area contributed by atoms with Gasteiger partial charge in [0.25, 0.3) is 0 Å². The van der Waals surface area contributed by atoms with E-state index in [9.17, 15) is 0 Å². The van der Waals surface area contributed by atoms with Crippen molar-refractivity contribution in [1.29, 1.82) is 0 Å². The molecule has 246 valence electrons. The van der Waals surface area contributed by atoms with Crippen molar-refractivity contribution in [2.75, 3.05) is 0 Å². The number of hydrogen-bond donors (Lipinski definition) is 0. The second-order valence-electron chi connectivity index (χ2n) is 13.9. The first-order valence-corrected chi connectivity index (χ1v) is 18.0. The molecule has 0 fully saturated rings. The Hall–Kier alpha value is -6.98. The van der Waals surface area contributed by atoms with Crippen LogP contribution in [0.3, 0.4) is 0 Å². The maximum absolute atomic E-state index is 6.99. The lowest BCUT2D eigenvalue weighted by atomic mass is 9.50. The number of hydrogen-bond acceptors (Lipinski definition) is 3. The van der Waals surface area contributed by atoms with E-state index >= 15 is 0 Å². The van der Waals surface area contributed by atoms with Gasteiger partial charge in [-0.05, 0) is 65.2 Å². The quantitative estimate of drug-likeness (QED) is 0.175. The highest BCUT2D eigenvalue weighted by Crippen LogP contribution is 2.44. The van der Waals surface area contributed by atoms with E-state index in [1.54, 1.807) is 0 Å². The van der Waals surface area contributed by atoms with Crippen LogP contribution in [-0.2, 0) is 0 Å². The van der Waals surface area contributed by atoms with Gasteiger partial charge >= 0.3 is 6.92 Å². The molecule has 12 rings (SSSR count). The number of ether oxygens (including phenoxy) is 1. The maximum Gasteiger partial charge on any atom is 0.434 e. The molecule has 0 saturated carbocycles. The summed E-state index contributed by atoms with van der Waals surface area (Å²) in [6.45, 7) is -0.317. The summed E-state index contributed by atoms with van der Waals surface area (Å²) in [5, 5.41) is 4.73. The van der Waals surface area contributed by atoms with Crippen molar-refractivity contribution in [3.05, 3.63) is 170 Å². The number of fused-ring (bicyclic) bond motifs is 10. The molecule has 2 aliphatic heterocycles. The van der Waals surface area contributed by atoms with Gasteiger partial charge in [-0.1, -0.05) is 121 Å². The number of rotatable bonds is 3. The largest absolute Gasteiger partial charge is 0.551 e. The van der Waals surface area contributed by atoms with E-state index in [1.165, 1.54) is 21.8 Å². The Kier molecular flexibility index (Phi) is 5.83. The summed E-state index contributed by atoms with van der Waals surface area (Å²) < 4.78 is 22.5. The molecule has 8 aromatic carbocycles. The second-order valence-corrected chi connectivity index (χ2v) is 13.9. The Morgan fingerprint density at radius 1 is 0.434 bits per heavy atom. The lowest BCUT2D eigenvalue weighted by Gasteiger charge is -2.33. The number of benzene rings is 8. The number of aromatic nitrogens is 1. The molecule has 0 N–H and O–H groups in total. The molecule has 0 amide bonds. The summed E-state index contributed by atoms with van der Waals surface area (Å²) >= 11 is 0. The molecule has 0 atom stereocenters. The normalized spacial score (nSPS) is 12.8. The molecule has 0 aliphatic carbocycles. The Labute approximate surface area is 305 Å². The third kappa shape index (κ3) is 4.07. The van der Waals surface area contributed by atoms with E-state index in [4.69, 9.17) is 13.8 Å². The molecule has 0 bridgehead atoms. The van der Waals surface area contributed by atoms with Crippen LogP contribution in [0.1, 0.15) is 0 Å². The van der Waals surface area contributed by atoms with Crippen LogP contribution in [0.5, 0.6) is 17.2 Å². The van der Waals surface area contributed by atoms with Crippen molar-refractivity contribution in [1.82, 2.24) is 4.57 Å². The van der Waals surface area contributed by atoms with Gasteiger partial charge < -0.3 is 18.4 Å². The molecular formula is C48H28BNO3. The first kappa shape index (κ1) is 28.7. The Morgan fingerprint density at radius 2 is 1.08 bits per heavy atom. The zero-order valence-electron chi connectivity index (χ0n) is 28.4. The van der Waals surface area contributed by atoms with Crippen LogP contribution in [0.15, 0.2) is 174 Å². The van der Waals surface area contributed by atoms with Crippen LogP contribution in [0.4, 0.5) is 0 Å². The zero-order chi connectivity index (χ0) is 34.6. The van der Waals surface area contributed by atoms with Crippen molar-refractivity contribution in [3.63, 3.8) is 0 Å². The van der Waals surface area contributed by atoms with E-state index in [0.717, 1.165) is 89.2 Å². The number of furan rings is 1. The third-order valence-electron chi connectivity index (χ3n) is 11.1. The van der Waals surface area contributed by atoms with Gasteiger partial charge in [0, 0.05) is 49.2 Å². The van der Waals surface area contributed by atoms with Crippen LogP contribution in [-0.4, -0.2) is 11.5 Å². The summed E-state index contributed by atoms with van der Waals surface area (Å²) in [6.07, 6.45) is 0. The van der Waals surface area contributed by atoms with E-state index in [2.05, 4.69) is 156 Å². The molecule has 53 heavy (non-hydrogen) atoms. The lowest BCUT2D eigenvalue weighted by molar-refractivity contribution is 0.479. The Morgan fingerprint density at radius 3 is 1.92 bits per heavy atom. The van der Waals surface area contributed by atoms with Crippen molar-refractivity contribution < 1.29 is 13.8 Å². The van der Waals surface area contributed by atoms with Crippen molar-refractivity contribution in [3.8, 4) is 56.3 Å². The van der Waals surface area contributed by atoms with Gasteiger partial charge in [0.1, 0.15) is 28.4 Å². The standard InChI is InChI=1S/C48H28BNO3/c1-5-18-40(50-41-19-6-2-12-33(41)34-13-3-7-20-42(34)50)31(11-1)30-24-26-45-39(28-30)49-47-36(16-10-22-46(47)51-45)38-27-29(23-25-44(38)53-49)32-15-9-17-37-35-14-4-8-21-43(35)52-48(32)37/h1-28H. The predicted octanol–water partition coefficient (Wildman–Crippen LogP) is 11.3. The van der Waals surface area contributed by atoms with Gasteiger partial charge in [-0.3, -0.25) is 0 Å². The molecule has 0 unspecified atom stereocenters. The van der Waals surface area contributed by atoms with Gasteiger partial charge in [0.2, 0.25) is 0 Å². The van der Waals surface area contributed by atoms with E-state index < -0.39 is 0 Å². The van der Waals surface area contributed by atoms with Crippen molar-refractivity contribution >= 4 is 61.6 Å². The lowest BCUT2D eigenvalue weighted by Crippen LogP contribution is -2.53. The topological polar surface area (TPSA) is 36.5 Å². The summed E-state index contributed by atoms with van der Waals surface area (Å²) in [6, 6.07) is 59.9. The smallest absolute Gasteiger partial charge is 0.434 e. The summed E-state index contributed by atoms with van der Waals surface area (Å²) in [5.74, 6) is 2.49. The Bertz CT molecular complexity index is 3100. The molecule has 0 radical (unpaired) electrons. The highest BCUT2D eigenvalue weighted by Gasteiger charge is 2.41. The predicted molar refractivity (Wildman–Crippen MR) is 217 cm³/mol. The Balaban J connectivity index is 0.990. The third-order valence-corrected chi connectivity index (χ3v) is 11.1. The minimum Gasteiger partial charge on any atom is -0.551 e. The maximum atomic E-state index is 6.99. The minimum absolute atomic E-state index is 0.317. The molecule has 5 heteroatoms. The van der Waals surface area contributed by atoms with Gasteiger partial charge in [-0.25, -0.2) is 0 Å². The van der Waals surface area contributed by atoms with Crippen LogP contribution in [0.25, 0.3) is 82.8 Å². The van der Waals surface area contributed by atoms with Crippen LogP contribution >= 0.6 is 0 Å². The van der Waals surface area contributed by atoms with Crippen LogP contribution in [0.2, 0.25) is 0 Å². The molecular weight excluding hydrogens is 649 g/mol. The average molecular weight is 678 g/mol. The van der Waals surface area contributed by atoms with Crippen LogP contribution < -0.4 is 20.3 Å². The second kappa shape index (κ2) is 10.8. The van der Waals surface area contributed by atoms with Gasteiger partial charge in [-0.15, -0.1) is 0 Å². The van der Waals surface area contributed by atoms with E-state index in [0.29, 0.717) is 0 Å². The summed E-state index contributed by atoms with van der Waals surface area (Å²) in [7, 11) is 0. The zero-order valence-corrected chi connectivity index (χ0v) is 28.4. The molecule has 0 spiro atoms. The highest BCUT2D eigenvalue weighted by molar-refractivity contribution is 6.84. The van der Waals surface area contributed by atoms with Gasteiger partial charge in [0.15, 0.2) is 0 Å². The first-order chi connectivity index (χ1) is 26.3. The van der Waals surface area contributed by atoms with Crippen molar-refractivity contribution in [2.24, 2.45) is 0 Å². The monoisotopic (exact) mass is 677 g/mol. The van der Waals surface area contributed by atoms with Gasteiger partial charge in [-0.2, -0.15) is 0 Å². The highest BCUT2D eigenvalue weighted by atomic mass is 16.5. The average Bonchev–Trinajstić information content (AvgIpc) is 3.77. The molecule has 4 nitrogen and oxygen atoms in total. The fourth-order valence-electron chi connectivity index (χ4n) is 8.76. The van der Waals surface area contributed by atoms with Crippen molar-refractivity contribution in [2.45, 2.75) is 0 Å². The summed E-state index contributed by atoms with van der Waals surface area (Å²) in [5.41, 5.74) is 13.9. The molecule has 2 aromatic heterocycles. The summed E-state index contributed by atoms with van der Waals surface area (Å²) in [4.78, 5) is 0. The number of nitrogens with zero attached hydrogens (tertiary/aromatic N) is 1. The fraction of sp³-hybridized carbons (Fsp3) is 0. The van der Waals surface area contributed by atoms with Crippen LogP contribution in [0, 0.1) is 0 Å². The molecule has 2 aliphatic rings. The molecule has 10 aromatic rings. The first-order valence-electron chi connectivity index (χ1n) is 18.0. The molecule has 0 saturated heterocycles. The van der Waals surface area contributed by atoms with Gasteiger partial charge in [0.05, 0.1) is 16.7 Å². The number of para-hydroxylation sites is 5. The SMILES string of the molecule is c1ccc(-n2c3ccccc3c3ccccc32)c(-c2ccc3c(c2)B2Oc4ccc(-c5cccc6c5oc5ccccc56)cc4-c4cccc(c42)O3)c1. The van der Waals surface area contributed by atoms with E-state index in [-0.39, 0.29) is 6.92 Å². The molecule has 4 heterocycles. The minimum atomic E-state index is -0.317.